The minimum atomic E-state index is 0.305. The molecule has 0 saturated carbocycles. The van der Waals surface area contributed by atoms with Crippen LogP contribution in [0.25, 0.3) is 0 Å². The van der Waals surface area contributed by atoms with Crippen molar-refractivity contribution in [2.45, 2.75) is 5.92 Å². The van der Waals surface area contributed by atoms with E-state index in [9.17, 15) is 0 Å². The van der Waals surface area contributed by atoms with Crippen LogP contribution in [0.15, 0.2) is 54.9 Å². The molecule has 0 spiro atoms. The second-order valence-corrected chi connectivity index (χ2v) is 4.16. The van der Waals surface area contributed by atoms with Gasteiger partial charge in [0.15, 0.2) is 0 Å². The van der Waals surface area contributed by atoms with Crippen LogP contribution in [0, 0.1) is 0 Å². The van der Waals surface area contributed by atoms with Crippen molar-refractivity contribution >= 4 is 12.6 Å². The van der Waals surface area contributed by atoms with Gasteiger partial charge in [-0.05, 0) is 17.7 Å². The van der Waals surface area contributed by atoms with E-state index in [-0.39, 0.29) is 0 Å². The highest BCUT2D eigenvalue weighted by Crippen LogP contribution is 2.18. The Kier molecular flexibility index (Phi) is 4.45. The summed E-state index contributed by atoms with van der Waals surface area (Å²) in [5.74, 6) is 1.87. The first-order chi connectivity index (χ1) is 8.40. The van der Waals surface area contributed by atoms with Crippen molar-refractivity contribution in [3.05, 3.63) is 60.4 Å². The van der Waals surface area contributed by atoms with Crippen LogP contribution in [0.3, 0.4) is 0 Å². The second kappa shape index (κ2) is 6.30. The summed E-state index contributed by atoms with van der Waals surface area (Å²) in [6, 6.07) is 14.1. The van der Waals surface area contributed by atoms with Crippen LogP contribution >= 0.6 is 12.6 Å². The SMILES string of the molecule is SCC(COc1cccnc1)c1ccccc1. The van der Waals surface area contributed by atoms with Crippen molar-refractivity contribution in [2.24, 2.45) is 0 Å². The second-order valence-electron chi connectivity index (χ2n) is 3.79. The number of hydrogen-bond acceptors (Lipinski definition) is 3. The first-order valence-electron chi connectivity index (χ1n) is 5.59. The molecule has 1 heterocycles. The average Bonchev–Trinajstić information content (AvgIpc) is 2.42. The van der Waals surface area contributed by atoms with Gasteiger partial charge in [0.2, 0.25) is 0 Å². The third kappa shape index (κ3) is 3.49. The molecule has 0 saturated heterocycles. The molecule has 1 aromatic carbocycles. The molecular weight excluding hydrogens is 230 g/mol. The van der Waals surface area contributed by atoms with Crippen LogP contribution in [0.4, 0.5) is 0 Å². The maximum atomic E-state index is 5.70. The summed E-state index contributed by atoms with van der Waals surface area (Å²) in [6.45, 7) is 0.624. The van der Waals surface area contributed by atoms with Gasteiger partial charge < -0.3 is 4.74 Å². The predicted molar refractivity (Wildman–Crippen MR) is 72.8 cm³/mol. The molecule has 88 valence electrons. The van der Waals surface area contributed by atoms with Crippen molar-refractivity contribution in [3.63, 3.8) is 0 Å². The van der Waals surface area contributed by atoms with E-state index < -0.39 is 0 Å². The normalized spacial score (nSPS) is 12.1. The smallest absolute Gasteiger partial charge is 0.137 e. The van der Waals surface area contributed by atoms with Crippen molar-refractivity contribution in [1.29, 1.82) is 0 Å². The molecular formula is C14H15NOS. The van der Waals surface area contributed by atoms with Gasteiger partial charge in [0, 0.05) is 17.9 Å². The number of ether oxygens (including phenoxy) is 1. The lowest BCUT2D eigenvalue weighted by Crippen LogP contribution is -2.11. The molecule has 2 aromatic rings. The lowest BCUT2D eigenvalue weighted by molar-refractivity contribution is 0.296. The largest absolute Gasteiger partial charge is 0.491 e. The monoisotopic (exact) mass is 245 g/mol. The average molecular weight is 245 g/mol. The van der Waals surface area contributed by atoms with E-state index in [4.69, 9.17) is 4.74 Å². The molecule has 17 heavy (non-hydrogen) atoms. The van der Waals surface area contributed by atoms with Crippen LogP contribution in [0.2, 0.25) is 0 Å². The Morgan fingerprint density at radius 2 is 1.94 bits per heavy atom. The molecule has 0 aliphatic rings. The van der Waals surface area contributed by atoms with E-state index in [0.717, 1.165) is 11.5 Å². The Bertz CT molecular complexity index is 432. The van der Waals surface area contributed by atoms with Crippen LogP contribution in [-0.2, 0) is 0 Å². The highest BCUT2D eigenvalue weighted by molar-refractivity contribution is 7.80. The Balaban J connectivity index is 1.97. The van der Waals surface area contributed by atoms with Crippen molar-refractivity contribution in [3.8, 4) is 5.75 Å². The minimum Gasteiger partial charge on any atom is -0.491 e. The molecule has 0 aliphatic heterocycles. The van der Waals surface area contributed by atoms with Gasteiger partial charge in [-0.15, -0.1) is 0 Å². The van der Waals surface area contributed by atoms with Crippen molar-refractivity contribution in [1.82, 2.24) is 4.98 Å². The van der Waals surface area contributed by atoms with E-state index in [2.05, 4.69) is 29.7 Å². The molecule has 3 heteroatoms. The molecule has 0 fully saturated rings. The van der Waals surface area contributed by atoms with Gasteiger partial charge >= 0.3 is 0 Å². The number of rotatable bonds is 5. The molecule has 1 aromatic heterocycles. The van der Waals surface area contributed by atoms with E-state index in [0.29, 0.717) is 12.5 Å². The van der Waals surface area contributed by atoms with Gasteiger partial charge in [-0.1, -0.05) is 30.3 Å². The highest BCUT2D eigenvalue weighted by atomic mass is 32.1. The van der Waals surface area contributed by atoms with Gasteiger partial charge in [0.25, 0.3) is 0 Å². The zero-order valence-electron chi connectivity index (χ0n) is 9.49. The predicted octanol–water partition coefficient (Wildman–Crippen LogP) is 3.17. The molecule has 0 N–H and O–H groups in total. The Labute approximate surface area is 107 Å². The maximum absolute atomic E-state index is 5.70. The van der Waals surface area contributed by atoms with E-state index in [1.807, 2.05) is 30.3 Å². The van der Waals surface area contributed by atoms with Gasteiger partial charge in [-0.3, -0.25) is 4.98 Å². The minimum absolute atomic E-state index is 0.305. The van der Waals surface area contributed by atoms with Crippen molar-refractivity contribution < 1.29 is 4.74 Å². The van der Waals surface area contributed by atoms with E-state index >= 15 is 0 Å². The molecule has 0 amide bonds. The van der Waals surface area contributed by atoms with Crippen LogP contribution in [0.5, 0.6) is 5.75 Å². The Hall–Kier alpha value is -1.48. The number of pyridine rings is 1. The van der Waals surface area contributed by atoms with Crippen LogP contribution in [0.1, 0.15) is 11.5 Å². The Morgan fingerprint density at radius 3 is 2.59 bits per heavy atom. The molecule has 0 radical (unpaired) electrons. The van der Waals surface area contributed by atoms with E-state index in [1.54, 1.807) is 12.4 Å². The molecule has 2 rings (SSSR count). The summed E-state index contributed by atoms with van der Waals surface area (Å²) >= 11 is 4.38. The fourth-order valence-corrected chi connectivity index (χ4v) is 1.93. The van der Waals surface area contributed by atoms with Crippen LogP contribution < -0.4 is 4.74 Å². The van der Waals surface area contributed by atoms with E-state index in [1.165, 1.54) is 5.56 Å². The summed E-state index contributed by atoms with van der Waals surface area (Å²) in [5.41, 5.74) is 1.26. The summed E-state index contributed by atoms with van der Waals surface area (Å²) < 4.78 is 5.70. The van der Waals surface area contributed by atoms with Crippen molar-refractivity contribution in [2.75, 3.05) is 12.4 Å². The summed E-state index contributed by atoms with van der Waals surface area (Å²) in [4.78, 5) is 4.02. The number of nitrogens with zero attached hydrogens (tertiary/aromatic N) is 1. The maximum Gasteiger partial charge on any atom is 0.137 e. The third-order valence-electron chi connectivity index (χ3n) is 2.58. The van der Waals surface area contributed by atoms with Gasteiger partial charge in [0.05, 0.1) is 12.8 Å². The third-order valence-corrected chi connectivity index (χ3v) is 3.02. The van der Waals surface area contributed by atoms with Gasteiger partial charge in [0.1, 0.15) is 5.75 Å². The zero-order chi connectivity index (χ0) is 11.9. The number of thiol groups is 1. The zero-order valence-corrected chi connectivity index (χ0v) is 10.4. The summed E-state index contributed by atoms with van der Waals surface area (Å²) in [6.07, 6.45) is 3.46. The highest BCUT2D eigenvalue weighted by Gasteiger charge is 2.10. The summed E-state index contributed by atoms with van der Waals surface area (Å²) in [5, 5.41) is 0. The first kappa shape index (κ1) is 12.0. The lowest BCUT2D eigenvalue weighted by Gasteiger charge is -2.15. The number of hydrogen-bond donors (Lipinski definition) is 1. The molecule has 0 bridgehead atoms. The van der Waals surface area contributed by atoms with Crippen LogP contribution in [-0.4, -0.2) is 17.3 Å². The topological polar surface area (TPSA) is 22.1 Å². The molecule has 2 nitrogen and oxygen atoms in total. The van der Waals surface area contributed by atoms with Gasteiger partial charge in [-0.2, -0.15) is 12.6 Å². The number of benzene rings is 1. The molecule has 1 atom stereocenters. The first-order valence-corrected chi connectivity index (χ1v) is 6.22. The van der Waals surface area contributed by atoms with Gasteiger partial charge in [-0.25, -0.2) is 0 Å². The lowest BCUT2D eigenvalue weighted by atomic mass is 10.0. The fourth-order valence-electron chi connectivity index (χ4n) is 1.61. The fraction of sp³-hybridized carbons (Fsp3) is 0.214. The quantitative estimate of drug-likeness (QED) is 0.817. The summed E-state index contributed by atoms with van der Waals surface area (Å²) in [7, 11) is 0. The Morgan fingerprint density at radius 1 is 1.12 bits per heavy atom. The molecule has 0 aliphatic carbocycles. The molecule has 1 unspecified atom stereocenters. The standard InChI is InChI=1S/C14H15NOS/c17-11-13(12-5-2-1-3-6-12)10-16-14-7-4-8-15-9-14/h1-9,13,17H,10-11H2. The number of aromatic nitrogens is 1.